The quantitative estimate of drug-likeness (QED) is 0.444. The van der Waals surface area contributed by atoms with Crippen molar-refractivity contribution in [2.75, 3.05) is 26.2 Å². The summed E-state index contributed by atoms with van der Waals surface area (Å²) in [5.74, 6) is 5.64. The van der Waals surface area contributed by atoms with E-state index < -0.39 is 0 Å². The molecule has 0 unspecified atom stereocenters. The van der Waals surface area contributed by atoms with Crippen molar-refractivity contribution in [3.63, 3.8) is 0 Å². The molecule has 0 aromatic heterocycles. The monoisotopic (exact) mass is 143 g/mol. The van der Waals surface area contributed by atoms with Crippen LogP contribution in [0.25, 0.3) is 0 Å². The van der Waals surface area contributed by atoms with E-state index >= 15 is 0 Å². The number of hydrazine groups is 1. The molecule has 1 aliphatic heterocycles. The van der Waals surface area contributed by atoms with Gasteiger partial charge in [-0.05, 0) is 0 Å². The molecule has 0 aliphatic carbocycles. The maximum atomic E-state index is 10.8. The molecular formula is C6H13N3O. The molecule has 4 heteroatoms. The number of nitrogens with zero attached hydrogens (tertiary/aromatic N) is 2. The lowest BCUT2D eigenvalue weighted by Gasteiger charge is -2.31. The summed E-state index contributed by atoms with van der Waals surface area (Å²) in [4.78, 5) is 12.6. The summed E-state index contributed by atoms with van der Waals surface area (Å²) in [6.45, 7) is 4.71. The van der Waals surface area contributed by atoms with Gasteiger partial charge in [-0.3, -0.25) is 10.6 Å². The van der Waals surface area contributed by atoms with Crippen LogP contribution in [0.3, 0.4) is 0 Å². The maximum absolute atomic E-state index is 10.8. The highest BCUT2D eigenvalue weighted by Crippen LogP contribution is 1.96. The first-order valence-electron chi connectivity index (χ1n) is 3.45. The Balaban J connectivity index is 2.33. The van der Waals surface area contributed by atoms with Crippen LogP contribution >= 0.6 is 0 Å². The lowest BCUT2D eigenvalue weighted by Crippen LogP contribution is -2.50. The minimum atomic E-state index is 0.146. The number of amides is 1. The van der Waals surface area contributed by atoms with Gasteiger partial charge in [0.1, 0.15) is 0 Å². The molecule has 4 nitrogen and oxygen atoms in total. The Kier molecular flexibility index (Phi) is 2.24. The standard InChI is InChI=1S/C6H13N3O/c1-6(10)8-2-4-9(7)5-3-8/h2-5,7H2,1H3. The van der Waals surface area contributed by atoms with Gasteiger partial charge >= 0.3 is 0 Å². The predicted molar refractivity (Wildman–Crippen MR) is 38.0 cm³/mol. The number of hydrogen-bond donors (Lipinski definition) is 1. The maximum Gasteiger partial charge on any atom is 0.219 e. The van der Waals surface area contributed by atoms with E-state index in [4.69, 9.17) is 5.84 Å². The van der Waals surface area contributed by atoms with Crippen LogP contribution in [-0.4, -0.2) is 42.0 Å². The van der Waals surface area contributed by atoms with Gasteiger partial charge in [-0.1, -0.05) is 0 Å². The van der Waals surface area contributed by atoms with E-state index in [0.717, 1.165) is 26.2 Å². The molecule has 2 N–H and O–H groups in total. The van der Waals surface area contributed by atoms with Gasteiger partial charge in [0.05, 0.1) is 0 Å². The van der Waals surface area contributed by atoms with E-state index in [1.54, 1.807) is 11.9 Å². The Labute approximate surface area is 60.5 Å². The van der Waals surface area contributed by atoms with E-state index in [-0.39, 0.29) is 5.91 Å². The van der Waals surface area contributed by atoms with Crippen LogP contribution in [0.1, 0.15) is 6.92 Å². The summed E-state index contributed by atoms with van der Waals surface area (Å²) in [5.41, 5.74) is 0. The van der Waals surface area contributed by atoms with Gasteiger partial charge in [-0.15, -0.1) is 0 Å². The van der Waals surface area contributed by atoms with Gasteiger partial charge in [0.2, 0.25) is 5.91 Å². The summed E-state index contributed by atoms with van der Waals surface area (Å²) < 4.78 is 0. The Morgan fingerprint density at radius 2 is 1.80 bits per heavy atom. The topological polar surface area (TPSA) is 49.6 Å². The van der Waals surface area contributed by atoms with Crippen molar-refractivity contribution >= 4 is 5.91 Å². The van der Waals surface area contributed by atoms with Gasteiger partial charge in [-0.25, -0.2) is 5.01 Å². The van der Waals surface area contributed by atoms with Crippen LogP contribution in [0.2, 0.25) is 0 Å². The first-order valence-corrected chi connectivity index (χ1v) is 3.45. The third-order valence-electron chi connectivity index (χ3n) is 1.76. The smallest absolute Gasteiger partial charge is 0.219 e. The lowest BCUT2D eigenvalue weighted by atomic mass is 10.3. The SMILES string of the molecule is CC(=O)N1CCN(N)CC1. The zero-order valence-electron chi connectivity index (χ0n) is 6.21. The van der Waals surface area contributed by atoms with E-state index in [0.29, 0.717) is 0 Å². The largest absolute Gasteiger partial charge is 0.340 e. The van der Waals surface area contributed by atoms with E-state index in [9.17, 15) is 4.79 Å². The summed E-state index contributed by atoms with van der Waals surface area (Å²) in [5, 5.41) is 1.74. The normalized spacial score (nSPS) is 21.2. The molecule has 0 saturated carbocycles. The fourth-order valence-corrected chi connectivity index (χ4v) is 1.04. The Morgan fingerprint density at radius 1 is 1.30 bits per heavy atom. The van der Waals surface area contributed by atoms with E-state index in [2.05, 4.69) is 0 Å². The molecule has 1 saturated heterocycles. The number of piperazine rings is 1. The second-order valence-corrected chi connectivity index (χ2v) is 2.54. The molecule has 0 aromatic rings. The highest BCUT2D eigenvalue weighted by atomic mass is 16.2. The van der Waals surface area contributed by atoms with Crippen LogP contribution in [0.5, 0.6) is 0 Å². The van der Waals surface area contributed by atoms with Crippen molar-refractivity contribution in [3.05, 3.63) is 0 Å². The van der Waals surface area contributed by atoms with Crippen molar-refractivity contribution in [2.45, 2.75) is 6.92 Å². The number of rotatable bonds is 0. The molecule has 58 valence electrons. The summed E-state index contributed by atoms with van der Waals surface area (Å²) in [6, 6.07) is 0. The van der Waals surface area contributed by atoms with Crippen LogP contribution < -0.4 is 5.84 Å². The second kappa shape index (κ2) is 2.98. The van der Waals surface area contributed by atoms with Crippen molar-refractivity contribution in [1.82, 2.24) is 9.91 Å². The molecule has 0 atom stereocenters. The molecule has 1 fully saturated rings. The van der Waals surface area contributed by atoms with Crippen molar-refractivity contribution in [2.24, 2.45) is 5.84 Å². The molecular weight excluding hydrogens is 130 g/mol. The van der Waals surface area contributed by atoms with Gasteiger partial charge in [-0.2, -0.15) is 0 Å². The van der Waals surface area contributed by atoms with Gasteiger partial charge in [0.15, 0.2) is 0 Å². The Hall–Kier alpha value is -0.610. The third kappa shape index (κ3) is 1.68. The minimum absolute atomic E-state index is 0.146. The van der Waals surface area contributed by atoms with Gasteiger partial charge < -0.3 is 4.90 Å². The molecule has 10 heavy (non-hydrogen) atoms. The van der Waals surface area contributed by atoms with E-state index in [1.807, 2.05) is 4.90 Å². The number of carbonyl (C=O) groups is 1. The van der Waals surface area contributed by atoms with Gasteiger partial charge in [0.25, 0.3) is 0 Å². The molecule has 1 rings (SSSR count). The molecule has 0 bridgehead atoms. The van der Waals surface area contributed by atoms with Gasteiger partial charge in [0, 0.05) is 33.1 Å². The van der Waals surface area contributed by atoms with Crippen LogP contribution in [0, 0.1) is 0 Å². The fourth-order valence-electron chi connectivity index (χ4n) is 1.04. The molecule has 0 radical (unpaired) electrons. The van der Waals surface area contributed by atoms with Crippen LogP contribution in [0.4, 0.5) is 0 Å². The van der Waals surface area contributed by atoms with Crippen LogP contribution in [-0.2, 0) is 4.79 Å². The highest BCUT2D eigenvalue weighted by molar-refractivity contribution is 5.73. The number of nitrogens with two attached hydrogens (primary N) is 1. The number of carbonyl (C=O) groups excluding carboxylic acids is 1. The minimum Gasteiger partial charge on any atom is -0.340 e. The average molecular weight is 143 g/mol. The Morgan fingerprint density at radius 3 is 2.20 bits per heavy atom. The molecule has 1 amide bonds. The fraction of sp³-hybridized carbons (Fsp3) is 0.833. The first-order chi connectivity index (χ1) is 4.70. The molecule has 1 aliphatic rings. The summed E-state index contributed by atoms with van der Waals surface area (Å²) in [7, 11) is 0. The highest BCUT2D eigenvalue weighted by Gasteiger charge is 2.15. The summed E-state index contributed by atoms with van der Waals surface area (Å²) >= 11 is 0. The van der Waals surface area contributed by atoms with Crippen LogP contribution in [0.15, 0.2) is 0 Å². The van der Waals surface area contributed by atoms with E-state index in [1.165, 1.54) is 0 Å². The van der Waals surface area contributed by atoms with Crippen molar-refractivity contribution in [1.29, 1.82) is 0 Å². The lowest BCUT2D eigenvalue weighted by molar-refractivity contribution is -0.130. The zero-order valence-corrected chi connectivity index (χ0v) is 6.21. The molecule has 1 heterocycles. The second-order valence-electron chi connectivity index (χ2n) is 2.54. The third-order valence-corrected chi connectivity index (χ3v) is 1.76. The predicted octanol–water partition coefficient (Wildman–Crippen LogP) is -0.976. The number of hydrogen-bond acceptors (Lipinski definition) is 3. The summed E-state index contributed by atoms with van der Waals surface area (Å²) in [6.07, 6.45) is 0. The molecule has 0 spiro atoms. The Bertz CT molecular complexity index is 129. The first kappa shape index (κ1) is 7.50. The molecule has 0 aromatic carbocycles. The van der Waals surface area contributed by atoms with Crippen molar-refractivity contribution < 1.29 is 4.79 Å². The average Bonchev–Trinajstić information content (AvgIpc) is 1.88. The van der Waals surface area contributed by atoms with Crippen molar-refractivity contribution in [3.8, 4) is 0 Å². The zero-order chi connectivity index (χ0) is 7.56.